The molecule has 1 aromatic rings. The molecule has 0 radical (unpaired) electrons. The highest BCUT2D eigenvalue weighted by atomic mass is 16.5. The Bertz CT molecular complexity index is 715. The summed E-state index contributed by atoms with van der Waals surface area (Å²) in [5, 5.41) is 3.04. The molecule has 148 valence electrons. The number of hydrogen-bond donors (Lipinski definition) is 1. The standard InChI is InChI=1S/C20H29N3O4/c1-22(2)19(25)14-5-6-17-16(9-14)23(3)15(11-27-17)10-18(24)21-12-20(7-8-20)13-26-4/h5-6,9,15H,7-8,10-13H2,1-4H3,(H,21,24)/t15-/m1/s1. The summed E-state index contributed by atoms with van der Waals surface area (Å²) in [6.45, 7) is 1.80. The second-order valence-corrected chi connectivity index (χ2v) is 7.87. The number of fused-ring (bicyclic) bond motifs is 1. The predicted molar refractivity (Wildman–Crippen MR) is 103 cm³/mol. The smallest absolute Gasteiger partial charge is 0.253 e. The van der Waals surface area contributed by atoms with E-state index in [2.05, 4.69) is 5.32 Å². The van der Waals surface area contributed by atoms with Gasteiger partial charge in [0.25, 0.3) is 5.91 Å². The van der Waals surface area contributed by atoms with Crippen molar-refractivity contribution in [1.29, 1.82) is 0 Å². The Morgan fingerprint density at radius 3 is 2.74 bits per heavy atom. The van der Waals surface area contributed by atoms with Gasteiger partial charge in [0.1, 0.15) is 12.4 Å². The molecule has 1 N–H and O–H groups in total. The number of carbonyl (C=O) groups is 2. The molecule has 0 spiro atoms. The van der Waals surface area contributed by atoms with Crippen LogP contribution in [0.15, 0.2) is 18.2 Å². The molecule has 0 aromatic heterocycles. The Kier molecular flexibility index (Phi) is 5.60. The Morgan fingerprint density at radius 1 is 1.37 bits per heavy atom. The molecule has 7 heteroatoms. The molecule has 1 aliphatic carbocycles. The minimum atomic E-state index is -0.0696. The molecule has 1 atom stereocenters. The van der Waals surface area contributed by atoms with Gasteiger partial charge in [0.05, 0.1) is 24.8 Å². The summed E-state index contributed by atoms with van der Waals surface area (Å²) in [6.07, 6.45) is 2.55. The minimum Gasteiger partial charge on any atom is -0.489 e. The number of nitrogens with zero attached hydrogens (tertiary/aromatic N) is 2. The van der Waals surface area contributed by atoms with Crippen LogP contribution >= 0.6 is 0 Å². The maximum atomic E-state index is 12.4. The quantitative estimate of drug-likeness (QED) is 0.782. The SMILES string of the molecule is COCC1(CNC(=O)C[C@@H]2COc3ccc(C(=O)N(C)C)cc3N2C)CC1. The van der Waals surface area contributed by atoms with Crippen LogP contribution in [0.2, 0.25) is 0 Å². The van der Waals surface area contributed by atoms with E-state index in [0.29, 0.717) is 31.7 Å². The van der Waals surface area contributed by atoms with Crippen LogP contribution in [-0.4, -0.2) is 70.8 Å². The first kappa shape index (κ1) is 19.5. The fourth-order valence-corrected chi connectivity index (χ4v) is 3.42. The molecule has 1 heterocycles. The molecule has 3 rings (SSSR count). The zero-order chi connectivity index (χ0) is 19.6. The van der Waals surface area contributed by atoms with E-state index in [0.717, 1.165) is 24.3 Å². The number of ether oxygens (including phenoxy) is 2. The van der Waals surface area contributed by atoms with E-state index in [9.17, 15) is 9.59 Å². The molecular formula is C20H29N3O4. The average molecular weight is 375 g/mol. The predicted octanol–water partition coefficient (Wildman–Crippen LogP) is 1.52. The van der Waals surface area contributed by atoms with Gasteiger partial charge in [0.15, 0.2) is 0 Å². The van der Waals surface area contributed by atoms with E-state index in [4.69, 9.17) is 9.47 Å². The summed E-state index contributed by atoms with van der Waals surface area (Å²) >= 11 is 0. The molecule has 27 heavy (non-hydrogen) atoms. The lowest BCUT2D eigenvalue weighted by molar-refractivity contribution is -0.122. The zero-order valence-corrected chi connectivity index (χ0v) is 16.6. The lowest BCUT2D eigenvalue weighted by Crippen LogP contribution is -2.44. The number of hydrogen-bond acceptors (Lipinski definition) is 5. The van der Waals surface area contributed by atoms with Crippen molar-refractivity contribution in [2.75, 3.05) is 52.9 Å². The second-order valence-electron chi connectivity index (χ2n) is 7.87. The van der Waals surface area contributed by atoms with E-state index >= 15 is 0 Å². The molecule has 0 bridgehead atoms. The first-order valence-corrected chi connectivity index (χ1v) is 9.32. The Hall–Kier alpha value is -2.28. The van der Waals surface area contributed by atoms with Gasteiger partial charge in [-0.2, -0.15) is 0 Å². The Morgan fingerprint density at radius 2 is 2.11 bits per heavy atom. The van der Waals surface area contributed by atoms with Gasteiger partial charge in [-0.05, 0) is 31.0 Å². The van der Waals surface area contributed by atoms with Gasteiger partial charge in [-0.1, -0.05) is 0 Å². The van der Waals surface area contributed by atoms with Crippen LogP contribution in [0.25, 0.3) is 0 Å². The molecule has 1 aliphatic heterocycles. The third-order valence-corrected chi connectivity index (χ3v) is 5.46. The third kappa shape index (κ3) is 4.35. The summed E-state index contributed by atoms with van der Waals surface area (Å²) in [7, 11) is 7.09. The van der Waals surface area contributed by atoms with E-state index < -0.39 is 0 Å². The third-order valence-electron chi connectivity index (χ3n) is 5.46. The van der Waals surface area contributed by atoms with Crippen molar-refractivity contribution >= 4 is 17.5 Å². The van der Waals surface area contributed by atoms with Crippen molar-refractivity contribution in [3.8, 4) is 5.75 Å². The second kappa shape index (κ2) is 7.76. The van der Waals surface area contributed by atoms with Crippen LogP contribution in [0.4, 0.5) is 5.69 Å². The molecule has 7 nitrogen and oxygen atoms in total. The zero-order valence-electron chi connectivity index (χ0n) is 16.6. The number of likely N-dealkylation sites (N-methyl/N-ethyl adjacent to an activating group) is 1. The summed E-state index contributed by atoms with van der Waals surface area (Å²) < 4.78 is 11.1. The summed E-state index contributed by atoms with van der Waals surface area (Å²) in [4.78, 5) is 28.2. The summed E-state index contributed by atoms with van der Waals surface area (Å²) in [6, 6.07) is 5.35. The lowest BCUT2D eigenvalue weighted by atomic mass is 10.1. The van der Waals surface area contributed by atoms with E-state index in [1.54, 1.807) is 32.2 Å². The van der Waals surface area contributed by atoms with Gasteiger partial charge in [0.2, 0.25) is 5.91 Å². The minimum absolute atomic E-state index is 0.0156. The largest absolute Gasteiger partial charge is 0.489 e. The molecule has 2 aliphatic rings. The van der Waals surface area contributed by atoms with Gasteiger partial charge < -0.3 is 24.6 Å². The van der Waals surface area contributed by atoms with Crippen LogP contribution in [0.1, 0.15) is 29.6 Å². The van der Waals surface area contributed by atoms with Crippen molar-refractivity contribution in [3.05, 3.63) is 23.8 Å². The van der Waals surface area contributed by atoms with Crippen molar-refractivity contribution < 1.29 is 19.1 Å². The van der Waals surface area contributed by atoms with E-state index in [1.807, 2.05) is 24.1 Å². The highest BCUT2D eigenvalue weighted by Gasteiger charge is 2.42. The number of carbonyl (C=O) groups excluding carboxylic acids is 2. The molecule has 1 saturated carbocycles. The first-order valence-electron chi connectivity index (χ1n) is 9.32. The number of methoxy groups -OCH3 is 1. The molecule has 0 unspecified atom stereocenters. The lowest BCUT2D eigenvalue weighted by Gasteiger charge is -2.36. The number of nitrogens with one attached hydrogen (secondary N) is 1. The molecule has 1 fully saturated rings. The topological polar surface area (TPSA) is 71.1 Å². The monoisotopic (exact) mass is 375 g/mol. The highest BCUT2D eigenvalue weighted by molar-refractivity contribution is 5.95. The van der Waals surface area contributed by atoms with Gasteiger partial charge in [-0.25, -0.2) is 0 Å². The summed E-state index contributed by atoms with van der Waals surface area (Å²) in [5.41, 5.74) is 1.58. The Balaban J connectivity index is 1.62. The number of benzene rings is 1. The average Bonchev–Trinajstić information content (AvgIpc) is 3.42. The van der Waals surface area contributed by atoms with Crippen LogP contribution in [0, 0.1) is 5.41 Å². The van der Waals surface area contributed by atoms with Gasteiger partial charge >= 0.3 is 0 Å². The fourth-order valence-electron chi connectivity index (χ4n) is 3.42. The maximum absolute atomic E-state index is 12.4. The van der Waals surface area contributed by atoms with Crippen molar-refractivity contribution in [2.45, 2.75) is 25.3 Å². The number of rotatable bonds is 7. The van der Waals surface area contributed by atoms with Crippen molar-refractivity contribution in [1.82, 2.24) is 10.2 Å². The maximum Gasteiger partial charge on any atom is 0.253 e. The number of anilines is 1. The van der Waals surface area contributed by atoms with Crippen LogP contribution in [-0.2, 0) is 9.53 Å². The highest BCUT2D eigenvalue weighted by Crippen LogP contribution is 2.45. The molecule has 2 amide bonds. The van der Waals surface area contributed by atoms with Gasteiger partial charge in [0, 0.05) is 45.8 Å². The normalized spacial score (nSPS) is 19.7. The first-order chi connectivity index (χ1) is 12.8. The van der Waals surface area contributed by atoms with E-state index in [-0.39, 0.29) is 23.3 Å². The Labute approximate surface area is 160 Å². The number of amides is 2. The summed E-state index contributed by atoms with van der Waals surface area (Å²) in [5.74, 6) is 0.697. The molecule has 0 saturated heterocycles. The van der Waals surface area contributed by atoms with Crippen molar-refractivity contribution in [2.24, 2.45) is 5.41 Å². The fraction of sp³-hybridized carbons (Fsp3) is 0.600. The van der Waals surface area contributed by atoms with Crippen LogP contribution in [0.5, 0.6) is 5.75 Å². The van der Waals surface area contributed by atoms with Crippen LogP contribution in [0.3, 0.4) is 0 Å². The van der Waals surface area contributed by atoms with Gasteiger partial charge in [-0.3, -0.25) is 9.59 Å². The van der Waals surface area contributed by atoms with Crippen LogP contribution < -0.4 is 15.0 Å². The van der Waals surface area contributed by atoms with Crippen molar-refractivity contribution in [3.63, 3.8) is 0 Å². The molecule has 1 aromatic carbocycles. The van der Waals surface area contributed by atoms with E-state index in [1.165, 1.54) is 0 Å². The molecular weight excluding hydrogens is 346 g/mol. The van der Waals surface area contributed by atoms with Gasteiger partial charge in [-0.15, -0.1) is 0 Å².